The van der Waals surface area contributed by atoms with Crippen molar-refractivity contribution in [3.63, 3.8) is 0 Å². The number of hydrogen-bond acceptors (Lipinski definition) is 2. The molecule has 0 aromatic carbocycles. The third-order valence-electron chi connectivity index (χ3n) is 3.09. The van der Waals surface area contributed by atoms with E-state index >= 15 is 0 Å². The van der Waals surface area contributed by atoms with Gasteiger partial charge in [-0.15, -0.1) is 0 Å². The summed E-state index contributed by atoms with van der Waals surface area (Å²) in [5, 5.41) is 2.56. The molecular weight excluding hydrogens is 190 g/mol. The summed E-state index contributed by atoms with van der Waals surface area (Å²) in [6.07, 6.45) is 8.57. The van der Waals surface area contributed by atoms with Crippen LogP contribution in [0.1, 0.15) is 65.7 Å². The van der Waals surface area contributed by atoms with Gasteiger partial charge in [-0.05, 0) is 31.5 Å². The van der Waals surface area contributed by atoms with Crippen LogP contribution in [0.5, 0.6) is 0 Å². The maximum absolute atomic E-state index is 4.72. The van der Waals surface area contributed by atoms with Gasteiger partial charge in [-0.1, -0.05) is 46.5 Å². The van der Waals surface area contributed by atoms with E-state index in [-0.39, 0.29) is 5.54 Å². The average molecular weight is 213 g/mol. The Kier molecular flexibility index (Phi) is 8.02. The fourth-order valence-electron chi connectivity index (χ4n) is 1.80. The topological polar surface area (TPSA) is 12.4 Å². The van der Waals surface area contributed by atoms with E-state index in [1.165, 1.54) is 32.1 Å². The van der Waals surface area contributed by atoms with Gasteiger partial charge in [0.1, 0.15) is 0 Å². The van der Waals surface area contributed by atoms with Crippen molar-refractivity contribution in [2.75, 3.05) is 0 Å². The molecule has 0 aliphatic heterocycles. The highest BCUT2D eigenvalue weighted by molar-refractivity contribution is 7.78. The highest BCUT2D eigenvalue weighted by Crippen LogP contribution is 2.27. The second kappa shape index (κ2) is 8.14. The van der Waals surface area contributed by atoms with Gasteiger partial charge in [-0.3, -0.25) is 0 Å². The van der Waals surface area contributed by atoms with Crippen LogP contribution in [-0.2, 0) is 0 Å². The van der Waals surface area contributed by atoms with Gasteiger partial charge in [-0.2, -0.15) is 0 Å². The largest absolute Gasteiger partial charge is 0.226 e. The van der Waals surface area contributed by atoms with Crippen molar-refractivity contribution in [1.29, 1.82) is 0 Å². The molecule has 0 aromatic heterocycles. The standard InChI is InChI=1S/C12H23NS/c1-4-7-8-9-10-12(5-2,6-3)13-11-14/h4-10H2,1-3H3. The summed E-state index contributed by atoms with van der Waals surface area (Å²) in [7, 11) is 0. The third kappa shape index (κ3) is 4.88. The van der Waals surface area contributed by atoms with Crippen LogP contribution in [0.15, 0.2) is 4.99 Å². The second-order valence-electron chi connectivity index (χ2n) is 3.95. The Balaban J connectivity index is 4.01. The van der Waals surface area contributed by atoms with Crippen LogP contribution in [-0.4, -0.2) is 10.7 Å². The van der Waals surface area contributed by atoms with Crippen molar-refractivity contribution in [3.8, 4) is 0 Å². The molecule has 1 nitrogen and oxygen atoms in total. The first-order valence-electron chi connectivity index (χ1n) is 5.83. The van der Waals surface area contributed by atoms with E-state index in [4.69, 9.17) is 12.2 Å². The molecule has 0 N–H and O–H groups in total. The zero-order chi connectivity index (χ0) is 10.9. The van der Waals surface area contributed by atoms with Gasteiger partial charge in [0, 0.05) is 0 Å². The van der Waals surface area contributed by atoms with Gasteiger partial charge in [0.05, 0.1) is 10.7 Å². The molecular formula is C12H23NS. The molecule has 0 heterocycles. The lowest BCUT2D eigenvalue weighted by molar-refractivity contribution is 0.356. The van der Waals surface area contributed by atoms with Crippen LogP contribution >= 0.6 is 12.2 Å². The summed E-state index contributed by atoms with van der Waals surface area (Å²) in [6, 6.07) is 0. The molecule has 0 radical (unpaired) electrons. The van der Waals surface area contributed by atoms with Crippen LogP contribution in [0.4, 0.5) is 0 Å². The molecule has 0 atom stereocenters. The summed E-state index contributed by atoms with van der Waals surface area (Å²) in [4.78, 5) is 4.36. The van der Waals surface area contributed by atoms with Gasteiger partial charge in [-0.25, -0.2) is 4.99 Å². The first-order chi connectivity index (χ1) is 6.74. The molecule has 0 rings (SSSR count). The lowest BCUT2D eigenvalue weighted by atomic mass is 9.87. The number of unbranched alkanes of at least 4 members (excludes halogenated alkanes) is 3. The maximum atomic E-state index is 4.72. The highest BCUT2D eigenvalue weighted by Gasteiger charge is 2.23. The van der Waals surface area contributed by atoms with E-state index in [0.717, 1.165) is 12.8 Å². The number of thiocarbonyl (C=S) groups is 1. The van der Waals surface area contributed by atoms with E-state index in [1.54, 1.807) is 0 Å². The lowest BCUT2D eigenvalue weighted by Gasteiger charge is -2.25. The van der Waals surface area contributed by atoms with Gasteiger partial charge < -0.3 is 0 Å². The SMILES string of the molecule is CCCCCCC(CC)(CC)N=C=S. The Hall–Kier alpha value is -0.200. The van der Waals surface area contributed by atoms with Crippen LogP contribution in [0.25, 0.3) is 0 Å². The predicted molar refractivity (Wildman–Crippen MR) is 67.1 cm³/mol. The second-order valence-corrected chi connectivity index (χ2v) is 4.13. The molecule has 0 aliphatic carbocycles. The Morgan fingerprint density at radius 2 is 1.71 bits per heavy atom. The average Bonchev–Trinajstić information content (AvgIpc) is 2.23. The molecule has 0 saturated heterocycles. The third-order valence-corrected chi connectivity index (χ3v) is 3.19. The number of hydrogen-bond donors (Lipinski definition) is 0. The van der Waals surface area contributed by atoms with Gasteiger partial charge in [0.15, 0.2) is 0 Å². The minimum absolute atomic E-state index is 0.0927. The molecule has 0 bridgehead atoms. The molecule has 0 unspecified atom stereocenters. The molecule has 0 aromatic rings. The van der Waals surface area contributed by atoms with Gasteiger partial charge in [0.25, 0.3) is 0 Å². The van der Waals surface area contributed by atoms with Gasteiger partial charge in [0.2, 0.25) is 0 Å². The van der Waals surface area contributed by atoms with Crippen molar-refractivity contribution in [2.24, 2.45) is 4.99 Å². The number of isothiocyanates is 1. The molecule has 0 saturated carbocycles. The van der Waals surface area contributed by atoms with Crippen molar-refractivity contribution in [1.82, 2.24) is 0 Å². The minimum Gasteiger partial charge on any atom is -0.226 e. The monoisotopic (exact) mass is 213 g/mol. The summed E-state index contributed by atoms with van der Waals surface area (Å²) in [5.41, 5.74) is 0.0927. The van der Waals surface area contributed by atoms with Crippen LogP contribution in [0, 0.1) is 0 Å². The van der Waals surface area contributed by atoms with Crippen molar-refractivity contribution < 1.29 is 0 Å². The smallest absolute Gasteiger partial charge is 0.0705 e. The zero-order valence-electron chi connectivity index (χ0n) is 9.81. The van der Waals surface area contributed by atoms with E-state index in [2.05, 4.69) is 30.9 Å². The quantitative estimate of drug-likeness (QED) is 0.325. The molecule has 2 heteroatoms. The first kappa shape index (κ1) is 13.8. The van der Waals surface area contributed by atoms with E-state index in [0.29, 0.717) is 0 Å². The van der Waals surface area contributed by atoms with Crippen LogP contribution in [0.2, 0.25) is 0 Å². The van der Waals surface area contributed by atoms with Crippen molar-refractivity contribution in [3.05, 3.63) is 0 Å². The number of rotatable bonds is 8. The Labute approximate surface area is 94.0 Å². The van der Waals surface area contributed by atoms with Crippen LogP contribution < -0.4 is 0 Å². The Morgan fingerprint density at radius 3 is 2.14 bits per heavy atom. The number of nitrogens with zero attached hydrogens (tertiary/aromatic N) is 1. The predicted octanol–water partition coefficient (Wildman–Crippen LogP) is 4.62. The molecule has 0 aliphatic rings. The maximum Gasteiger partial charge on any atom is 0.0705 e. The summed E-state index contributed by atoms with van der Waals surface area (Å²) in [5.74, 6) is 0. The highest BCUT2D eigenvalue weighted by atomic mass is 32.1. The fourth-order valence-corrected chi connectivity index (χ4v) is 1.99. The zero-order valence-corrected chi connectivity index (χ0v) is 10.6. The fraction of sp³-hybridized carbons (Fsp3) is 0.917. The van der Waals surface area contributed by atoms with Crippen LogP contribution in [0.3, 0.4) is 0 Å². The van der Waals surface area contributed by atoms with E-state index in [1.807, 2.05) is 0 Å². The van der Waals surface area contributed by atoms with E-state index in [9.17, 15) is 0 Å². The summed E-state index contributed by atoms with van der Waals surface area (Å²) < 4.78 is 0. The molecule has 0 amide bonds. The van der Waals surface area contributed by atoms with Crippen molar-refractivity contribution >= 4 is 17.4 Å². The summed E-state index contributed by atoms with van der Waals surface area (Å²) in [6.45, 7) is 6.63. The Morgan fingerprint density at radius 1 is 1.07 bits per heavy atom. The van der Waals surface area contributed by atoms with Crippen molar-refractivity contribution in [2.45, 2.75) is 71.3 Å². The molecule has 0 fully saturated rings. The number of aliphatic imine (C=N–C) groups is 1. The molecule has 14 heavy (non-hydrogen) atoms. The Bertz CT molecular complexity index is 179. The molecule has 0 spiro atoms. The minimum atomic E-state index is 0.0927. The normalized spacial score (nSPS) is 11.1. The van der Waals surface area contributed by atoms with Gasteiger partial charge >= 0.3 is 0 Å². The first-order valence-corrected chi connectivity index (χ1v) is 6.24. The molecule has 82 valence electrons. The summed E-state index contributed by atoms with van der Waals surface area (Å²) >= 11 is 4.72. The lowest BCUT2D eigenvalue weighted by Crippen LogP contribution is -2.24. The van der Waals surface area contributed by atoms with E-state index < -0.39 is 0 Å².